The summed E-state index contributed by atoms with van der Waals surface area (Å²) in [4.78, 5) is 36.1. The molecule has 0 aromatic rings. The summed E-state index contributed by atoms with van der Waals surface area (Å²) in [5.41, 5.74) is 0. The first-order valence-electron chi connectivity index (χ1n) is 12.2. The van der Waals surface area contributed by atoms with E-state index in [4.69, 9.17) is 4.74 Å². The fourth-order valence-electron chi connectivity index (χ4n) is 5.25. The van der Waals surface area contributed by atoms with Gasteiger partial charge in [-0.3, -0.25) is 4.79 Å². The molecule has 0 spiro atoms. The molecule has 3 saturated carbocycles. The molecule has 3 aliphatic carbocycles. The number of hydrogen-bond donors (Lipinski definition) is 4. The van der Waals surface area contributed by atoms with Crippen LogP contribution in [0.5, 0.6) is 0 Å². The number of nitrogens with one attached hydrogen (secondary N) is 4. The Bertz CT molecular complexity index is 615. The van der Waals surface area contributed by atoms with E-state index in [0.29, 0.717) is 5.92 Å². The number of hydrogen-bond acceptors (Lipinski definition) is 4. The van der Waals surface area contributed by atoms with Gasteiger partial charge in [-0.05, 0) is 76.5 Å². The Morgan fingerprint density at radius 1 is 0.710 bits per heavy atom. The number of rotatable bonds is 5. The van der Waals surface area contributed by atoms with Crippen LogP contribution < -0.4 is 21.3 Å². The van der Waals surface area contributed by atoms with Crippen LogP contribution in [0.25, 0.3) is 0 Å². The number of amides is 4. The van der Waals surface area contributed by atoms with Gasteiger partial charge < -0.3 is 26.0 Å². The lowest BCUT2D eigenvalue weighted by Crippen LogP contribution is -2.53. The topological polar surface area (TPSA) is 109 Å². The molecule has 0 saturated heterocycles. The van der Waals surface area contributed by atoms with E-state index in [1.165, 1.54) is 6.42 Å². The van der Waals surface area contributed by atoms with E-state index < -0.39 is 0 Å². The second kappa shape index (κ2) is 11.6. The molecule has 0 radical (unpaired) electrons. The smallest absolute Gasteiger partial charge is 0.407 e. The van der Waals surface area contributed by atoms with Crippen molar-refractivity contribution >= 4 is 18.0 Å². The maximum absolute atomic E-state index is 12.6. The lowest BCUT2D eigenvalue weighted by molar-refractivity contribution is -0.119. The number of urea groups is 1. The molecule has 3 rings (SSSR count). The predicted molar refractivity (Wildman–Crippen MR) is 119 cm³/mol. The summed E-state index contributed by atoms with van der Waals surface area (Å²) >= 11 is 0. The first-order valence-corrected chi connectivity index (χ1v) is 12.2. The molecule has 8 heteroatoms. The van der Waals surface area contributed by atoms with E-state index in [-0.39, 0.29) is 48.3 Å². The highest BCUT2D eigenvalue weighted by Crippen LogP contribution is 2.26. The molecule has 0 aromatic carbocycles. The summed E-state index contributed by atoms with van der Waals surface area (Å²) in [5, 5.41) is 12.2. The zero-order valence-electron chi connectivity index (χ0n) is 19.1. The van der Waals surface area contributed by atoms with Gasteiger partial charge in [-0.25, -0.2) is 9.59 Å². The largest absolute Gasteiger partial charge is 0.446 e. The minimum absolute atomic E-state index is 0.00576. The average Bonchev–Trinajstić information content (AvgIpc) is 2.72. The lowest BCUT2D eigenvalue weighted by atomic mass is 9.83. The molecule has 8 nitrogen and oxygen atoms in total. The van der Waals surface area contributed by atoms with Gasteiger partial charge in [0.1, 0.15) is 6.10 Å². The summed E-state index contributed by atoms with van der Waals surface area (Å²) in [7, 11) is 0. The summed E-state index contributed by atoms with van der Waals surface area (Å²) in [6.07, 6.45) is 11.3. The fraction of sp³-hybridized carbons (Fsp3) is 0.870. The number of carbonyl (C=O) groups is 3. The van der Waals surface area contributed by atoms with Crippen molar-refractivity contribution in [2.45, 2.75) is 121 Å². The Balaban J connectivity index is 1.38. The molecular weight excluding hydrogens is 396 g/mol. The highest BCUT2D eigenvalue weighted by Gasteiger charge is 2.31. The van der Waals surface area contributed by atoms with Gasteiger partial charge in [0, 0.05) is 31.1 Å². The highest BCUT2D eigenvalue weighted by atomic mass is 16.6. The normalized spacial score (nSPS) is 31.9. The van der Waals surface area contributed by atoms with Crippen molar-refractivity contribution in [3.63, 3.8) is 0 Å². The molecule has 0 bridgehead atoms. The van der Waals surface area contributed by atoms with Gasteiger partial charge in [0.05, 0.1) is 0 Å². The standard InChI is InChI=1S/C23H40N4O4/c1-15-8-9-19(26-23(30)31-20-6-4-3-5-7-20)14-21(15)27-22(29)25-18-12-10-17(11-13-18)24-16(2)28/h15,17-21H,3-14H2,1-2H3,(H,24,28)(H,26,30)(H2,25,27,29). The van der Waals surface area contributed by atoms with Crippen LogP contribution >= 0.6 is 0 Å². The maximum Gasteiger partial charge on any atom is 0.407 e. The Hall–Kier alpha value is -1.99. The van der Waals surface area contributed by atoms with E-state index in [1.54, 1.807) is 6.92 Å². The Morgan fingerprint density at radius 2 is 1.32 bits per heavy atom. The number of carbonyl (C=O) groups excluding carboxylic acids is 3. The van der Waals surface area contributed by atoms with Crippen LogP contribution in [-0.2, 0) is 9.53 Å². The SMILES string of the molecule is CC(=O)NC1CCC(NC(=O)NC2CC(NC(=O)OC3CCCCC3)CCC2C)CC1. The monoisotopic (exact) mass is 436 g/mol. The minimum Gasteiger partial charge on any atom is -0.446 e. The lowest BCUT2D eigenvalue weighted by Gasteiger charge is -2.36. The zero-order valence-corrected chi connectivity index (χ0v) is 19.1. The molecule has 31 heavy (non-hydrogen) atoms. The van der Waals surface area contributed by atoms with Crippen molar-refractivity contribution in [1.82, 2.24) is 21.3 Å². The Morgan fingerprint density at radius 3 is 1.97 bits per heavy atom. The van der Waals surface area contributed by atoms with Crippen LogP contribution in [0.1, 0.15) is 90.9 Å². The number of ether oxygens (including phenoxy) is 1. The van der Waals surface area contributed by atoms with Crippen LogP contribution in [0.15, 0.2) is 0 Å². The first kappa shape index (κ1) is 23.7. The molecule has 4 amide bonds. The molecule has 3 aliphatic rings. The van der Waals surface area contributed by atoms with Crippen molar-refractivity contribution in [1.29, 1.82) is 0 Å². The summed E-state index contributed by atoms with van der Waals surface area (Å²) in [5.74, 6) is 0.375. The van der Waals surface area contributed by atoms with E-state index in [9.17, 15) is 14.4 Å². The van der Waals surface area contributed by atoms with E-state index in [2.05, 4.69) is 28.2 Å². The van der Waals surface area contributed by atoms with Crippen LogP contribution in [0.3, 0.4) is 0 Å². The quantitative estimate of drug-likeness (QED) is 0.530. The van der Waals surface area contributed by atoms with Crippen molar-refractivity contribution in [2.75, 3.05) is 0 Å². The van der Waals surface area contributed by atoms with Crippen molar-refractivity contribution in [2.24, 2.45) is 5.92 Å². The second-order valence-electron chi connectivity index (χ2n) is 9.77. The van der Waals surface area contributed by atoms with Gasteiger partial charge in [-0.15, -0.1) is 0 Å². The summed E-state index contributed by atoms with van der Waals surface area (Å²) < 4.78 is 5.59. The zero-order chi connectivity index (χ0) is 22.2. The van der Waals surface area contributed by atoms with Gasteiger partial charge in [-0.2, -0.15) is 0 Å². The Kier molecular flexibility index (Phi) is 8.84. The molecule has 3 atom stereocenters. The fourth-order valence-corrected chi connectivity index (χ4v) is 5.25. The Labute approximate surface area is 186 Å². The van der Waals surface area contributed by atoms with Gasteiger partial charge in [0.25, 0.3) is 0 Å². The van der Waals surface area contributed by atoms with Crippen molar-refractivity contribution in [3.8, 4) is 0 Å². The van der Waals surface area contributed by atoms with Crippen molar-refractivity contribution in [3.05, 3.63) is 0 Å². The van der Waals surface area contributed by atoms with Crippen LogP contribution in [0, 0.1) is 5.92 Å². The third-order valence-electron chi connectivity index (χ3n) is 7.13. The van der Waals surface area contributed by atoms with Crippen LogP contribution in [-0.4, -0.2) is 48.3 Å². The molecule has 4 N–H and O–H groups in total. The average molecular weight is 437 g/mol. The third-order valence-corrected chi connectivity index (χ3v) is 7.13. The molecular formula is C23H40N4O4. The molecule has 3 unspecified atom stereocenters. The van der Waals surface area contributed by atoms with E-state index >= 15 is 0 Å². The van der Waals surface area contributed by atoms with Gasteiger partial charge in [-0.1, -0.05) is 13.3 Å². The maximum atomic E-state index is 12.6. The van der Waals surface area contributed by atoms with Crippen molar-refractivity contribution < 1.29 is 19.1 Å². The van der Waals surface area contributed by atoms with Gasteiger partial charge >= 0.3 is 12.1 Å². The molecule has 0 heterocycles. The van der Waals surface area contributed by atoms with Gasteiger partial charge in [0.15, 0.2) is 0 Å². The summed E-state index contributed by atoms with van der Waals surface area (Å²) in [6.45, 7) is 3.70. The third kappa shape index (κ3) is 7.89. The summed E-state index contributed by atoms with van der Waals surface area (Å²) in [6, 6.07) is 0.292. The minimum atomic E-state index is -0.314. The van der Waals surface area contributed by atoms with Gasteiger partial charge in [0.2, 0.25) is 5.91 Å². The predicted octanol–water partition coefficient (Wildman–Crippen LogP) is 3.35. The molecule has 176 valence electrons. The first-order chi connectivity index (χ1) is 14.9. The van der Waals surface area contributed by atoms with E-state index in [0.717, 1.165) is 70.6 Å². The number of alkyl carbamates (subject to hydrolysis) is 1. The molecule has 0 aromatic heterocycles. The highest BCUT2D eigenvalue weighted by molar-refractivity contribution is 5.75. The second-order valence-corrected chi connectivity index (χ2v) is 9.77. The van der Waals surface area contributed by atoms with Crippen LogP contribution in [0.4, 0.5) is 9.59 Å². The van der Waals surface area contributed by atoms with Crippen LogP contribution in [0.2, 0.25) is 0 Å². The molecule has 3 fully saturated rings. The van der Waals surface area contributed by atoms with E-state index in [1.807, 2.05) is 0 Å². The molecule has 0 aliphatic heterocycles.